The van der Waals surface area contributed by atoms with Crippen LogP contribution in [0.4, 0.5) is 5.95 Å². The number of imidazole rings is 1. The number of rotatable bonds is 2. The van der Waals surface area contributed by atoms with Crippen LogP contribution in [0.1, 0.15) is 40.5 Å². The molecule has 3 rings (SSSR count). The van der Waals surface area contributed by atoms with Gasteiger partial charge in [-0.3, -0.25) is 14.9 Å². The van der Waals surface area contributed by atoms with Crippen molar-refractivity contribution >= 4 is 28.8 Å². The standard InChI is InChI=1S/C19H26N4O2/c1-13(24)22-11-7-8-14(12-22)17(25)21-18-20-15-9-5-6-10-16(15)23(18)19(2,3)4/h5-6,9-10,14H,7-8,11-12H2,1-4H3,(H,20,21,25)/t14-/m1/s1. The molecule has 0 saturated carbocycles. The number of benzene rings is 1. The zero-order valence-electron chi connectivity index (χ0n) is 15.4. The quantitative estimate of drug-likeness (QED) is 0.912. The van der Waals surface area contributed by atoms with Crippen LogP contribution in [0, 0.1) is 5.92 Å². The summed E-state index contributed by atoms with van der Waals surface area (Å²) in [6.07, 6.45) is 1.65. The van der Waals surface area contributed by atoms with Gasteiger partial charge in [-0.15, -0.1) is 0 Å². The van der Waals surface area contributed by atoms with Gasteiger partial charge in [0.25, 0.3) is 0 Å². The van der Waals surface area contributed by atoms with Gasteiger partial charge in [0.15, 0.2) is 0 Å². The largest absolute Gasteiger partial charge is 0.342 e. The fraction of sp³-hybridized carbons (Fsp3) is 0.526. The summed E-state index contributed by atoms with van der Waals surface area (Å²) in [6.45, 7) is 9.05. The van der Waals surface area contributed by atoms with E-state index in [0.717, 1.165) is 30.4 Å². The topological polar surface area (TPSA) is 67.2 Å². The summed E-state index contributed by atoms with van der Waals surface area (Å²) in [4.78, 5) is 30.8. The number of likely N-dealkylation sites (tertiary alicyclic amines) is 1. The molecule has 1 fully saturated rings. The zero-order valence-corrected chi connectivity index (χ0v) is 15.4. The summed E-state index contributed by atoms with van der Waals surface area (Å²) in [7, 11) is 0. The molecule has 0 bridgehead atoms. The van der Waals surface area contributed by atoms with Gasteiger partial charge in [-0.1, -0.05) is 12.1 Å². The molecule has 2 aromatic rings. The Balaban J connectivity index is 1.87. The Hall–Kier alpha value is -2.37. The highest BCUT2D eigenvalue weighted by Crippen LogP contribution is 2.28. The average Bonchev–Trinajstić information content (AvgIpc) is 2.92. The molecule has 0 spiro atoms. The van der Waals surface area contributed by atoms with E-state index < -0.39 is 0 Å². The van der Waals surface area contributed by atoms with Crippen LogP contribution in [0.3, 0.4) is 0 Å². The number of anilines is 1. The molecule has 1 N–H and O–H groups in total. The van der Waals surface area contributed by atoms with E-state index in [1.165, 1.54) is 0 Å². The molecular formula is C19H26N4O2. The molecule has 1 aliphatic heterocycles. The molecule has 134 valence electrons. The van der Waals surface area contributed by atoms with Crippen molar-refractivity contribution in [3.8, 4) is 0 Å². The van der Waals surface area contributed by atoms with Crippen molar-refractivity contribution in [2.75, 3.05) is 18.4 Å². The van der Waals surface area contributed by atoms with Gasteiger partial charge in [0.05, 0.1) is 17.0 Å². The number of carbonyl (C=O) groups is 2. The number of fused-ring (bicyclic) bond motifs is 1. The van der Waals surface area contributed by atoms with Crippen LogP contribution in [0.25, 0.3) is 11.0 Å². The molecule has 2 amide bonds. The lowest BCUT2D eigenvalue weighted by atomic mass is 9.97. The number of piperidine rings is 1. The van der Waals surface area contributed by atoms with Crippen molar-refractivity contribution in [3.05, 3.63) is 24.3 Å². The molecule has 0 unspecified atom stereocenters. The van der Waals surface area contributed by atoms with Crippen LogP contribution in [0.5, 0.6) is 0 Å². The average molecular weight is 342 g/mol. The van der Waals surface area contributed by atoms with E-state index in [1.54, 1.807) is 11.8 Å². The number of nitrogens with zero attached hydrogens (tertiary/aromatic N) is 3. The Morgan fingerprint density at radius 2 is 1.96 bits per heavy atom. The molecule has 2 heterocycles. The first-order valence-electron chi connectivity index (χ1n) is 8.81. The Kier molecular flexibility index (Phi) is 4.54. The number of hydrogen-bond acceptors (Lipinski definition) is 3. The normalized spacial score (nSPS) is 18.4. The zero-order chi connectivity index (χ0) is 18.2. The second-order valence-electron chi connectivity index (χ2n) is 7.72. The van der Waals surface area contributed by atoms with Crippen molar-refractivity contribution in [2.24, 2.45) is 5.92 Å². The lowest BCUT2D eigenvalue weighted by Crippen LogP contribution is -2.43. The summed E-state index contributed by atoms with van der Waals surface area (Å²) in [5.41, 5.74) is 1.65. The smallest absolute Gasteiger partial charge is 0.231 e. The van der Waals surface area contributed by atoms with Crippen molar-refractivity contribution < 1.29 is 9.59 Å². The lowest BCUT2D eigenvalue weighted by Gasteiger charge is -2.31. The third-order valence-corrected chi connectivity index (χ3v) is 4.70. The van der Waals surface area contributed by atoms with Crippen molar-refractivity contribution in [1.82, 2.24) is 14.5 Å². The van der Waals surface area contributed by atoms with Crippen LogP contribution < -0.4 is 5.32 Å². The fourth-order valence-electron chi connectivity index (χ4n) is 3.48. The van der Waals surface area contributed by atoms with Gasteiger partial charge >= 0.3 is 0 Å². The molecule has 1 aromatic heterocycles. The summed E-state index contributed by atoms with van der Waals surface area (Å²) >= 11 is 0. The first kappa shape index (κ1) is 17.5. The minimum absolute atomic E-state index is 0.0273. The van der Waals surface area contributed by atoms with Crippen LogP contribution >= 0.6 is 0 Å². The Morgan fingerprint density at radius 3 is 2.64 bits per heavy atom. The number of aromatic nitrogens is 2. The number of para-hydroxylation sites is 2. The number of hydrogen-bond donors (Lipinski definition) is 1. The number of amides is 2. The predicted molar refractivity (Wildman–Crippen MR) is 98.3 cm³/mol. The monoisotopic (exact) mass is 342 g/mol. The van der Waals surface area contributed by atoms with E-state index in [2.05, 4.69) is 35.6 Å². The number of nitrogens with one attached hydrogen (secondary N) is 1. The third kappa shape index (κ3) is 3.52. The van der Waals surface area contributed by atoms with E-state index in [4.69, 9.17) is 0 Å². The third-order valence-electron chi connectivity index (χ3n) is 4.70. The Labute approximate surface area is 148 Å². The Morgan fingerprint density at radius 1 is 1.24 bits per heavy atom. The SMILES string of the molecule is CC(=O)N1CCC[C@@H](C(=O)Nc2nc3ccccc3n2C(C)(C)C)C1. The van der Waals surface area contributed by atoms with Gasteiger partial charge in [-0.05, 0) is 45.7 Å². The first-order chi connectivity index (χ1) is 11.8. The fourth-order valence-corrected chi connectivity index (χ4v) is 3.48. The highest BCUT2D eigenvalue weighted by molar-refractivity contribution is 5.93. The maximum Gasteiger partial charge on any atom is 0.231 e. The molecule has 1 saturated heterocycles. The molecular weight excluding hydrogens is 316 g/mol. The summed E-state index contributed by atoms with van der Waals surface area (Å²) < 4.78 is 2.06. The van der Waals surface area contributed by atoms with Crippen molar-refractivity contribution in [2.45, 2.75) is 46.1 Å². The van der Waals surface area contributed by atoms with Gasteiger partial charge in [0, 0.05) is 25.6 Å². The maximum atomic E-state index is 12.8. The second-order valence-corrected chi connectivity index (χ2v) is 7.72. The van der Waals surface area contributed by atoms with E-state index in [1.807, 2.05) is 24.3 Å². The summed E-state index contributed by atoms with van der Waals surface area (Å²) in [6, 6.07) is 7.89. The van der Waals surface area contributed by atoms with Crippen LogP contribution in [0.2, 0.25) is 0 Å². The van der Waals surface area contributed by atoms with E-state index in [0.29, 0.717) is 12.5 Å². The van der Waals surface area contributed by atoms with E-state index in [9.17, 15) is 9.59 Å². The predicted octanol–water partition coefficient (Wildman–Crippen LogP) is 2.99. The lowest BCUT2D eigenvalue weighted by molar-refractivity contribution is -0.132. The summed E-state index contributed by atoms with van der Waals surface area (Å²) in [5, 5.41) is 3.01. The second kappa shape index (κ2) is 6.50. The Bertz CT molecular complexity index is 803. The van der Waals surface area contributed by atoms with Gasteiger partial charge in [-0.25, -0.2) is 4.98 Å². The van der Waals surface area contributed by atoms with Gasteiger partial charge in [-0.2, -0.15) is 0 Å². The van der Waals surface area contributed by atoms with Crippen LogP contribution in [-0.2, 0) is 15.1 Å². The maximum absolute atomic E-state index is 12.8. The highest BCUT2D eigenvalue weighted by atomic mass is 16.2. The molecule has 0 aliphatic carbocycles. The molecule has 6 heteroatoms. The molecule has 1 aromatic carbocycles. The van der Waals surface area contributed by atoms with Crippen LogP contribution in [0.15, 0.2) is 24.3 Å². The van der Waals surface area contributed by atoms with Gasteiger partial charge < -0.3 is 9.47 Å². The van der Waals surface area contributed by atoms with Gasteiger partial charge in [0.2, 0.25) is 17.8 Å². The minimum atomic E-state index is -0.212. The van der Waals surface area contributed by atoms with E-state index >= 15 is 0 Å². The molecule has 1 aliphatic rings. The minimum Gasteiger partial charge on any atom is -0.342 e. The molecule has 25 heavy (non-hydrogen) atoms. The molecule has 1 atom stereocenters. The first-order valence-corrected chi connectivity index (χ1v) is 8.81. The van der Waals surface area contributed by atoms with Gasteiger partial charge in [0.1, 0.15) is 0 Å². The molecule has 0 radical (unpaired) electrons. The number of carbonyl (C=O) groups excluding carboxylic acids is 2. The molecule has 6 nitrogen and oxygen atoms in total. The van der Waals surface area contributed by atoms with E-state index in [-0.39, 0.29) is 23.3 Å². The van der Waals surface area contributed by atoms with Crippen LogP contribution in [-0.4, -0.2) is 39.4 Å². The summed E-state index contributed by atoms with van der Waals surface area (Å²) in [5.74, 6) is 0.343. The van der Waals surface area contributed by atoms with Crippen molar-refractivity contribution in [1.29, 1.82) is 0 Å². The van der Waals surface area contributed by atoms with Crippen molar-refractivity contribution in [3.63, 3.8) is 0 Å². The highest BCUT2D eigenvalue weighted by Gasteiger charge is 2.29.